The molecule has 1 amide bonds. The van der Waals surface area contributed by atoms with Crippen LogP contribution in [0.4, 0.5) is 0 Å². The van der Waals surface area contributed by atoms with E-state index in [1.807, 2.05) is 67.6 Å². The van der Waals surface area contributed by atoms with E-state index in [0.717, 1.165) is 11.1 Å². The summed E-state index contributed by atoms with van der Waals surface area (Å²) in [5.74, 6) is -0.104. The van der Waals surface area contributed by atoms with Crippen LogP contribution in [0.2, 0.25) is 0 Å². The zero-order valence-electron chi connectivity index (χ0n) is 14.1. The van der Waals surface area contributed by atoms with Gasteiger partial charge in [-0.2, -0.15) is 0 Å². The molecule has 0 aromatic heterocycles. The lowest BCUT2D eigenvalue weighted by Crippen LogP contribution is -2.42. The van der Waals surface area contributed by atoms with Crippen molar-refractivity contribution in [2.75, 3.05) is 0 Å². The molecular weight excluding hydrogens is 298 g/mol. The van der Waals surface area contributed by atoms with E-state index >= 15 is 0 Å². The van der Waals surface area contributed by atoms with Gasteiger partial charge in [-0.1, -0.05) is 66.7 Å². The molecule has 0 radical (unpaired) electrons. The summed E-state index contributed by atoms with van der Waals surface area (Å²) in [6, 6.07) is 19.3. The number of aliphatic hydroxyl groups is 1. The number of nitrogens with one attached hydrogen (secondary N) is 1. The Balaban J connectivity index is 1.87. The third-order valence-corrected chi connectivity index (χ3v) is 4.17. The average Bonchev–Trinajstić information content (AvgIpc) is 2.61. The van der Waals surface area contributed by atoms with Crippen molar-refractivity contribution in [3.05, 3.63) is 84.4 Å². The van der Waals surface area contributed by atoms with Crippen LogP contribution in [0.3, 0.4) is 0 Å². The minimum atomic E-state index is -0.616. The van der Waals surface area contributed by atoms with E-state index < -0.39 is 6.10 Å². The average molecular weight is 323 g/mol. The Morgan fingerprint density at radius 1 is 1.12 bits per heavy atom. The Labute approximate surface area is 144 Å². The van der Waals surface area contributed by atoms with E-state index in [1.165, 1.54) is 0 Å². The van der Waals surface area contributed by atoms with E-state index in [0.29, 0.717) is 12.8 Å². The summed E-state index contributed by atoms with van der Waals surface area (Å²) in [5, 5.41) is 13.2. The number of hydrogen-bond acceptors (Lipinski definition) is 2. The van der Waals surface area contributed by atoms with Gasteiger partial charge in [-0.25, -0.2) is 0 Å². The molecule has 0 aliphatic carbocycles. The lowest BCUT2D eigenvalue weighted by Gasteiger charge is -2.21. The first-order chi connectivity index (χ1) is 11.6. The van der Waals surface area contributed by atoms with Gasteiger partial charge in [-0.15, -0.1) is 6.58 Å². The Bertz CT molecular complexity index is 639. The Morgan fingerprint density at radius 3 is 2.29 bits per heavy atom. The van der Waals surface area contributed by atoms with Crippen LogP contribution in [0, 0.1) is 0 Å². The number of amides is 1. The first kappa shape index (κ1) is 18.0. The van der Waals surface area contributed by atoms with Crippen molar-refractivity contribution in [2.24, 2.45) is 0 Å². The highest BCUT2D eigenvalue weighted by Crippen LogP contribution is 2.20. The predicted octanol–water partition coefficient (Wildman–Crippen LogP) is 3.45. The van der Waals surface area contributed by atoms with Crippen LogP contribution in [0.25, 0.3) is 0 Å². The highest BCUT2D eigenvalue weighted by Gasteiger charge is 2.19. The normalized spacial score (nSPS) is 14.4. The number of rotatable bonds is 8. The van der Waals surface area contributed by atoms with Crippen molar-refractivity contribution in [3.63, 3.8) is 0 Å². The second-order valence-electron chi connectivity index (χ2n) is 6.07. The quantitative estimate of drug-likeness (QED) is 0.731. The van der Waals surface area contributed by atoms with Gasteiger partial charge in [0.15, 0.2) is 0 Å². The van der Waals surface area contributed by atoms with E-state index in [2.05, 4.69) is 11.9 Å². The fraction of sp³-hybridized carbons (Fsp3) is 0.286. The molecule has 3 unspecified atom stereocenters. The topological polar surface area (TPSA) is 49.3 Å². The Morgan fingerprint density at radius 2 is 1.71 bits per heavy atom. The van der Waals surface area contributed by atoms with Crippen molar-refractivity contribution >= 4 is 5.91 Å². The summed E-state index contributed by atoms with van der Waals surface area (Å²) in [5.41, 5.74) is 2.12. The molecule has 0 aliphatic rings. The molecule has 0 aliphatic heterocycles. The van der Waals surface area contributed by atoms with Crippen LogP contribution in [-0.2, 0) is 11.2 Å². The Kier molecular flexibility index (Phi) is 6.76. The number of benzene rings is 2. The van der Waals surface area contributed by atoms with Crippen LogP contribution < -0.4 is 5.32 Å². The molecule has 3 nitrogen and oxygen atoms in total. The minimum Gasteiger partial charge on any atom is -0.391 e. The summed E-state index contributed by atoms with van der Waals surface area (Å²) in [6.45, 7) is 5.66. The summed E-state index contributed by atoms with van der Waals surface area (Å²) < 4.78 is 0. The molecule has 0 saturated carbocycles. The molecule has 3 atom stereocenters. The molecule has 24 heavy (non-hydrogen) atoms. The van der Waals surface area contributed by atoms with Gasteiger partial charge in [0, 0.05) is 18.8 Å². The highest BCUT2D eigenvalue weighted by molar-refractivity contribution is 5.77. The molecular formula is C21H25NO2. The molecule has 2 aromatic carbocycles. The maximum absolute atomic E-state index is 12.3. The number of hydrogen-bond donors (Lipinski definition) is 2. The maximum Gasteiger partial charge on any atom is 0.221 e. The highest BCUT2D eigenvalue weighted by atomic mass is 16.3. The standard InChI is InChI=1S/C21H25NO2/c1-3-18(19-12-8-5-9-13-19)15-21(24)22-16(2)20(23)14-17-10-6-4-7-11-17/h3-13,16,18,20,23H,1,14-15H2,2H3,(H,22,24). The molecule has 0 fully saturated rings. The molecule has 0 spiro atoms. The largest absolute Gasteiger partial charge is 0.391 e. The third-order valence-electron chi connectivity index (χ3n) is 4.17. The third kappa shape index (κ3) is 5.36. The second kappa shape index (κ2) is 9.04. The van der Waals surface area contributed by atoms with Gasteiger partial charge in [0.2, 0.25) is 5.91 Å². The molecule has 3 heteroatoms. The van der Waals surface area contributed by atoms with Crippen LogP contribution in [0.5, 0.6) is 0 Å². The number of carbonyl (C=O) groups is 1. The van der Waals surface area contributed by atoms with Crippen molar-refractivity contribution < 1.29 is 9.90 Å². The van der Waals surface area contributed by atoms with E-state index in [9.17, 15) is 9.90 Å². The molecule has 0 heterocycles. The van der Waals surface area contributed by atoms with Gasteiger partial charge in [0.1, 0.15) is 0 Å². The Hall–Kier alpha value is -2.39. The number of aliphatic hydroxyl groups excluding tert-OH is 1. The predicted molar refractivity (Wildman–Crippen MR) is 97.8 cm³/mol. The van der Waals surface area contributed by atoms with Gasteiger partial charge in [-0.3, -0.25) is 4.79 Å². The monoisotopic (exact) mass is 323 g/mol. The molecule has 2 aromatic rings. The SMILES string of the molecule is C=CC(CC(=O)NC(C)C(O)Cc1ccccc1)c1ccccc1. The van der Waals surface area contributed by atoms with Crippen LogP contribution in [0.1, 0.15) is 30.4 Å². The van der Waals surface area contributed by atoms with E-state index in [1.54, 1.807) is 6.08 Å². The molecule has 126 valence electrons. The smallest absolute Gasteiger partial charge is 0.221 e. The molecule has 2 rings (SSSR count). The number of allylic oxidation sites excluding steroid dienone is 1. The summed E-state index contributed by atoms with van der Waals surface area (Å²) in [4.78, 5) is 12.3. The minimum absolute atomic E-state index is 0.0235. The second-order valence-corrected chi connectivity index (χ2v) is 6.07. The van der Waals surface area contributed by atoms with Crippen molar-refractivity contribution in [1.29, 1.82) is 0 Å². The van der Waals surface area contributed by atoms with Gasteiger partial charge >= 0.3 is 0 Å². The maximum atomic E-state index is 12.3. The zero-order valence-corrected chi connectivity index (χ0v) is 14.1. The van der Waals surface area contributed by atoms with Crippen LogP contribution >= 0.6 is 0 Å². The van der Waals surface area contributed by atoms with Crippen molar-refractivity contribution in [3.8, 4) is 0 Å². The molecule has 0 saturated heterocycles. The van der Waals surface area contributed by atoms with Gasteiger partial charge < -0.3 is 10.4 Å². The number of carbonyl (C=O) groups excluding carboxylic acids is 1. The fourth-order valence-electron chi connectivity index (χ4n) is 2.68. The summed E-state index contributed by atoms with van der Waals surface area (Å²) >= 11 is 0. The molecule has 2 N–H and O–H groups in total. The van der Waals surface area contributed by atoms with E-state index in [-0.39, 0.29) is 17.9 Å². The van der Waals surface area contributed by atoms with Crippen LogP contribution in [-0.4, -0.2) is 23.2 Å². The lowest BCUT2D eigenvalue weighted by molar-refractivity contribution is -0.122. The van der Waals surface area contributed by atoms with Crippen LogP contribution in [0.15, 0.2) is 73.3 Å². The fourth-order valence-corrected chi connectivity index (χ4v) is 2.68. The van der Waals surface area contributed by atoms with Gasteiger partial charge in [0.05, 0.1) is 12.1 Å². The summed E-state index contributed by atoms with van der Waals surface area (Å²) in [7, 11) is 0. The van der Waals surface area contributed by atoms with Gasteiger partial charge in [-0.05, 0) is 18.1 Å². The zero-order chi connectivity index (χ0) is 17.4. The van der Waals surface area contributed by atoms with Crippen molar-refractivity contribution in [1.82, 2.24) is 5.32 Å². The first-order valence-electron chi connectivity index (χ1n) is 8.29. The first-order valence-corrected chi connectivity index (χ1v) is 8.29. The lowest BCUT2D eigenvalue weighted by atomic mass is 9.95. The van der Waals surface area contributed by atoms with E-state index in [4.69, 9.17) is 0 Å². The van der Waals surface area contributed by atoms with Gasteiger partial charge in [0.25, 0.3) is 0 Å². The summed E-state index contributed by atoms with van der Waals surface area (Å²) in [6.07, 6.45) is 2.03. The molecule has 0 bridgehead atoms. The van der Waals surface area contributed by atoms with Crippen molar-refractivity contribution in [2.45, 2.75) is 37.8 Å².